The Bertz CT molecular complexity index is 1490. The van der Waals surface area contributed by atoms with Gasteiger partial charge in [-0.2, -0.15) is 0 Å². The predicted octanol–water partition coefficient (Wildman–Crippen LogP) is 9.12. The summed E-state index contributed by atoms with van der Waals surface area (Å²) >= 11 is 19.7. The van der Waals surface area contributed by atoms with Crippen LogP contribution < -0.4 is 4.74 Å². The van der Waals surface area contributed by atoms with E-state index in [0.29, 0.717) is 49.5 Å². The van der Waals surface area contributed by atoms with Crippen molar-refractivity contribution in [3.05, 3.63) is 104 Å². The fraction of sp³-hybridized carbons (Fsp3) is 0.267. The minimum Gasteiger partial charge on any atom is -0.489 e. The molecule has 2 aliphatic rings. The normalized spacial score (nSPS) is 18.7. The number of carboxylic acid groups (broad SMARTS) is 1. The van der Waals surface area contributed by atoms with Crippen molar-refractivity contribution in [3.8, 4) is 17.0 Å². The van der Waals surface area contributed by atoms with Gasteiger partial charge in [0.05, 0.1) is 21.2 Å². The molecule has 3 aromatic carbocycles. The molecule has 1 heterocycles. The van der Waals surface area contributed by atoms with Crippen LogP contribution in [0, 0.1) is 0 Å². The summed E-state index contributed by atoms with van der Waals surface area (Å²) in [6, 6.07) is 18.3. The van der Waals surface area contributed by atoms with Gasteiger partial charge in [-0.3, -0.25) is 0 Å². The van der Waals surface area contributed by atoms with Crippen LogP contribution in [-0.4, -0.2) is 16.2 Å². The molecule has 2 aliphatic carbocycles. The molecular formula is C30H24Cl3NO4. The Labute approximate surface area is 235 Å². The van der Waals surface area contributed by atoms with E-state index in [2.05, 4.69) is 5.16 Å². The van der Waals surface area contributed by atoms with Crippen molar-refractivity contribution in [1.29, 1.82) is 0 Å². The van der Waals surface area contributed by atoms with Gasteiger partial charge in [0.15, 0.2) is 0 Å². The van der Waals surface area contributed by atoms with Gasteiger partial charge >= 0.3 is 5.97 Å². The number of aromatic nitrogens is 1. The first kappa shape index (κ1) is 25.3. The minimum atomic E-state index is -0.919. The van der Waals surface area contributed by atoms with Crippen LogP contribution in [0.3, 0.4) is 0 Å². The Hall–Kier alpha value is -2.99. The zero-order chi connectivity index (χ0) is 26.4. The maximum Gasteiger partial charge on any atom is 0.335 e. The van der Waals surface area contributed by atoms with E-state index in [1.54, 1.807) is 30.3 Å². The monoisotopic (exact) mass is 567 g/mol. The zero-order valence-corrected chi connectivity index (χ0v) is 22.6. The van der Waals surface area contributed by atoms with Crippen LogP contribution in [0.2, 0.25) is 15.1 Å². The number of carboxylic acids is 1. The van der Waals surface area contributed by atoms with Gasteiger partial charge < -0.3 is 14.4 Å². The van der Waals surface area contributed by atoms with E-state index in [9.17, 15) is 9.90 Å². The van der Waals surface area contributed by atoms with Gasteiger partial charge in [0.2, 0.25) is 0 Å². The molecule has 2 fully saturated rings. The average molecular weight is 569 g/mol. The first-order chi connectivity index (χ1) is 18.4. The SMILES string of the molecule is O=C(O)c1ccc([C@@H]2CC[C@H]2c2ccc(OCc3c(-c4c(Cl)cccc4Cl)noc3C3CC3)cc2Cl)cc1. The van der Waals surface area contributed by atoms with Crippen molar-refractivity contribution >= 4 is 40.8 Å². The molecule has 5 nitrogen and oxygen atoms in total. The predicted molar refractivity (Wildman–Crippen MR) is 148 cm³/mol. The molecule has 4 aromatic rings. The van der Waals surface area contributed by atoms with Crippen LogP contribution in [0.15, 0.2) is 65.2 Å². The summed E-state index contributed by atoms with van der Waals surface area (Å²) < 4.78 is 11.9. The molecule has 2 atom stereocenters. The van der Waals surface area contributed by atoms with Gasteiger partial charge in [-0.05, 0) is 85.0 Å². The molecule has 0 aliphatic heterocycles. The molecular weight excluding hydrogens is 545 g/mol. The van der Waals surface area contributed by atoms with Crippen molar-refractivity contribution in [3.63, 3.8) is 0 Å². The lowest BCUT2D eigenvalue weighted by Crippen LogP contribution is -2.22. The molecule has 1 aromatic heterocycles. The highest BCUT2D eigenvalue weighted by Gasteiger charge is 2.35. The van der Waals surface area contributed by atoms with Gasteiger partial charge in [-0.1, -0.05) is 64.2 Å². The van der Waals surface area contributed by atoms with E-state index in [1.807, 2.05) is 30.3 Å². The standard InChI is InChI=1S/C30H24Cl3NO4/c31-24-2-1-3-25(32)27(24)28-23(29(38-34-28)17-6-7-17)15-37-19-10-11-22(26(33)14-19)21-13-12-20(21)16-4-8-18(9-5-16)30(35)36/h1-5,8-11,14,17,20-21H,6-7,12-13,15H2,(H,35,36)/t20-,21+/m0/s1. The van der Waals surface area contributed by atoms with Crippen molar-refractivity contribution < 1.29 is 19.2 Å². The van der Waals surface area contributed by atoms with E-state index >= 15 is 0 Å². The molecule has 2 saturated carbocycles. The zero-order valence-electron chi connectivity index (χ0n) is 20.3. The maximum atomic E-state index is 11.2. The number of hydrogen-bond donors (Lipinski definition) is 1. The Morgan fingerprint density at radius 1 is 0.921 bits per heavy atom. The first-order valence-electron chi connectivity index (χ1n) is 12.6. The Kier molecular flexibility index (Phi) is 6.85. The number of halogens is 3. The maximum absolute atomic E-state index is 11.2. The summed E-state index contributed by atoms with van der Waals surface area (Å²) in [5.41, 5.74) is 4.61. The molecule has 0 spiro atoms. The number of aromatic carboxylic acids is 1. The average Bonchev–Trinajstić information content (AvgIpc) is 3.64. The van der Waals surface area contributed by atoms with Gasteiger partial charge in [0.1, 0.15) is 23.8 Å². The number of ether oxygens (including phenoxy) is 1. The molecule has 0 bridgehead atoms. The summed E-state index contributed by atoms with van der Waals surface area (Å²) in [5, 5.41) is 15.2. The lowest BCUT2D eigenvalue weighted by molar-refractivity contribution is 0.0697. The number of hydrogen-bond acceptors (Lipinski definition) is 4. The van der Waals surface area contributed by atoms with Crippen LogP contribution in [0.25, 0.3) is 11.3 Å². The molecule has 6 rings (SSSR count). The highest BCUT2D eigenvalue weighted by atomic mass is 35.5. The fourth-order valence-corrected chi connectivity index (χ4v) is 6.13. The Balaban J connectivity index is 1.21. The number of rotatable bonds is 8. The summed E-state index contributed by atoms with van der Waals surface area (Å²) in [6.07, 6.45) is 4.18. The second kappa shape index (κ2) is 10.3. The van der Waals surface area contributed by atoms with Crippen LogP contribution in [-0.2, 0) is 6.61 Å². The van der Waals surface area contributed by atoms with Gasteiger partial charge in [0.25, 0.3) is 0 Å². The van der Waals surface area contributed by atoms with E-state index in [-0.39, 0.29) is 12.5 Å². The topological polar surface area (TPSA) is 72.6 Å². The highest BCUT2D eigenvalue weighted by Crippen LogP contribution is 2.51. The highest BCUT2D eigenvalue weighted by molar-refractivity contribution is 6.39. The third kappa shape index (κ3) is 4.79. The molecule has 194 valence electrons. The van der Waals surface area contributed by atoms with Gasteiger partial charge in [-0.25, -0.2) is 4.79 Å². The summed E-state index contributed by atoms with van der Waals surface area (Å²) in [5.74, 6) is 1.48. The van der Waals surface area contributed by atoms with Gasteiger partial charge in [-0.15, -0.1) is 0 Å². The van der Waals surface area contributed by atoms with E-state index in [1.165, 1.54) is 0 Å². The third-order valence-electron chi connectivity index (χ3n) is 7.58. The van der Waals surface area contributed by atoms with Crippen molar-refractivity contribution in [1.82, 2.24) is 5.16 Å². The summed E-state index contributed by atoms with van der Waals surface area (Å²) in [6.45, 7) is 0.254. The smallest absolute Gasteiger partial charge is 0.335 e. The number of carbonyl (C=O) groups is 1. The summed E-state index contributed by atoms with van der Waals surface area (Å²) in [7, 11) is 0. The second-order valence-electron chi connectivity index (χ2n) is 9.93. The first-order valence-corrected chi connectivity index (χ1v) is 13.7. The van der Waals surface area contributed by atoms with Crippen LogP contribution in [0.1, 0.15) is 76.2 Å². The van der Waals surface area contributed by atoms with Gasteiger partial charge in [0, 0.05) is 16.5 Å². The Morgan fingerprint density at radius 2 is 1.63 bits per heavy atom. The van der Waals surface area contributed by atoms with E-state index < -0.39 is 5.97 Å². The molecule has 1 N–H and O–H groups in total. The molecule has 38 heavy (non-hydrogen) atoms. The van der Waals surface area contributed by atoms with E-state index in [4.69, 9.17) is 44.1 Å². The lowest BCUT2D eigenvalue weighted by atomic mass is 9.67. The number of nitrogens with zero attached hydrogens (tertiary/aromatic N) is 1. The Morgan fingerprint density at radius 3 is 2.24 bits per heavy atom. The van der Waals surface area contributed by atoms with Crippen molar-refractivity contribution in [2.75, 3.05) is 0 Å². The third-order valence-corrected chi connectivity index (χ3v) is 8.54. The van der Waals surface area contributed by atoms with Crippen molar-refractivity contribution in [2.45, 2.75) is 50.0 Å². The molecule has 0 saturated heterocycles. The molecule has 8 heteroatoms. The molecule has 0 radical (unpaired) electrons. The molecule has 0 unspecified atom stereocenters. The quantitative estimate of drug-likeness (QED) is 0.229. The number of benzene rings is 3. The fourth-order valence-electron chi connectivity index (χ4n) is 5.25. The van der Waals surface area contributed by atoms with Crippen LogP contribution in [0.5, 0.6) is 5.75 Å². The van der Waals surface area contributed by atoms with E-state index in [0.717, 1.165) is 48.1 Å². The lowest BCUT2D eigenvalue weighted by Gasteiger charge is -2.38. The van der Waals surface area contributed by atoms with Crippen LogP contribution >= 0.6 is 34.8 Å². The second-order valence-corrected chi connectivity index (χ2v) is 11.2. The van der Waals surface area contributed by atoms with Crippen LogP contribution in [0.4, 0.5) is 0 Å². The largest absolute Gasteiger partial charge is 0.489 e. The molecule has 0 amide bonds. The minimum absolute atomic E-state index is 0.254. The van der Waals surface area contributed by atoms with Crippen molar-refractivity contribution in [2.24, 2.45) is 0 Å². The summed E-state index contributed by atoms with van der Waals surface area (Å²) in [4.78, 5) is 11.2.